The lowest BCUT2D eigenvalue weighted by Crippen LogP contribution is -2.45. The number of rotatable bonds is 2. The summed E-state index contributed by atoms with van der Waals surface area (Å²) in [6, 6.07) is 1.92. The summed E-state index contributed by atoms with van der Waals surface area (Å²) in [7, 11) is 0. The van der Waals surface area contributed by atoms with Crippen LogP contribution in [0.3, 0.4) is 0 Å². The molecule has 6 heteroatoms. The monoisotopic (exact) mass is 422 g/mol. The average molecular weight is 424 g/mol. The zero-order chi connectivity index (χ0) is 14.2. The third-order valence-electron chi connectivity index (χ3n) is 4.19. The molecule has 1 aromatic heterocycles. The molecule has 2 fully saturated rings. The molecule has 3 nitrogen and oxygen atoms in total. The van der Waals surface area contributed by atoms with E-state index < -0.39 is 0 Å². The highest BCUT2D eigenvalue weighted by Gasteiger charge is 2.41. The van der Waals surface area contributed by atoms with Gasteiger partial charge in [-0.1, -0.05) is 0 Å². The standard InChI is InChI=1S/C14H16Br2O3S/c15-11-7-10(13(16)20-11)12(17)9-1-4-19-14(8-9)2-5-18-6-3-14/h7,9H,1-6,8H2. The Hall–Kier alpha value is 0.250. The van der Waals surface area contributed by atoms with Crippen molar-refractivity contribution in [1.82, 2.24) is 0 Å². The van der Waals surface area contributed by atoms with E-state index in [-0.39, 0.29) is 17.3 Å². The zero-order valence-electron chi connectivity index (χ0n) is 11.0. The Morgan fingerprint density at radius 3 is 2.70 bits per heavy atom. The van der Waals surface area contributed by atoms with Crippen LogP contribution < -0.4 is 0 Å². The molecule has 1 spiro atoms. The van der Waals surface area contributed by atoms with E-state index in [0.717, 1.165) is 52.0 Å². The van der Waals surface area contributed by atoms with Crippen LogP contribution >= 0.6 is 43.2 Å². The number of carbonyl (C=O) groups excluding carboxylic acids is 1. The number of ether oxygens (including phenoxy) is 2. The van der Waals surface area contributed by atoms with Crippen LogP contribution in [0.5, 0.6) is 0 Å². The number of hydrogen-bond acceptors (Lipinski definition) is 4. The smallest absolute Gasteiger partial charge is 0.168 e. The first-order valence-electron chi connectivity index (χ1n) is 6.80. The molecule has 0 amide bonds. The van der Waals surface area contributed by atoms with E-state index >= 15 is 0 Å². The summed E-state index contributed by atoms with van der Waals surface area (Å²) in [6.07, 6.45) is 3.47. The molecule has 0 saturated carbocycles. The molecular formula is C14H16Br2O3S. The van der Waals surface area contributed by atoms with Gasteiger partial charge in [-0.15, -0.1) is 11.3 Å². The van der Waals surface area contributed by atoms with Gasteiger partial charge in [0, 0.05) is 31.3 Å². The molecule has 0 N–H and O–H groups in total. The first-order valence-corrected chi connectivity index (χ1v) is 9.21. The lowest BCUT2D eigenvalue weighted by Gasteiger charge is -2.42. The highest BCUT2D eigenvalue weighted by Crippen LogP contribution is 2.40. The van der Waals surface area contributed by atoms with Gasteiger partial charge >= 0.3 is 0 Å². The highest BCUT2D eigenvalue weighted by molar-refractivity contribution is 9.12. The van der Waals surface area contributed by atoms with Crippen molar-refractivity contribution < 1.29 is 14.3 Å². The number of hydrogen-bond donors (Lipinski definition) is 0. The van der Waals surface area contributed by atoms with Gasteiger partial charge in [-0.25, -0.2) is 0 Å². The van der Waals surface area contributed by atoms with Crippen LogP contribution in [0, 0.1) is 5.92 Å². The Labute approximate surface area is 139 Å². The van der Waals surface area contributed by atoms with Gasteiger partial charge < -0.3 is 9.47 Å². The molecule has 0 aromatic carbocycles. The quantitative estimate of drug-likeness (QED) is 0.660. The molecule has 1 atom stereocenters. The largest absolute Gasteiger partial charge is 0.381 e. The van der Waals surface area contributed by atoms with Gasteiger partial charge in [0.05, 0.1) is 13.2 Å². The van der Waals surface area contributed by atoms with Gasteiger partial charge in [-0.05, 0) is 63.6 Å². The Bertz CT molecular complexity index is 503. The number of carbonyl (C=O) groups is 1. The molecule has 2 saturated heterocycles. The summed E-state index contributed by atoms with van der Waals surface area (Å²) in [6.45, 7) is 2.17. The lowest BCUT2D eigenvalue weighted by atomic mass is 9.78. The molecule has 3 heterocycles. The Morgan fingerprint density at radius 2 is 2.05 bits per heavy atom. The molecule has 1 aromatic rings. The molecule has 3 rings (SSSR count). The van der Waals surface area contributed by atoms with E-state index in [1.807, 2.05) is 6.07 Å². The fourth-order valence-corrected chi connectivity index (χ4v) is 5.89. The van der Waals surface area contributed by atoms with Crippen LogP contribution in [0.2, 0.25) is 0 Å². The summed E-state index contributed by atoms with van der Waals surface area (Å²) < 4.78 is 13.3. The van der Waals surface area contributed by atoms with Crippen LogP contribution in [0.4, 0.5) is 0 Å². The summed E-state index contributed by atoms with van der Waals surface area (Å²) in [5.41, 5.74) is 0.673. The van der Waals surface area contributed by atoms with Gasteiger partial charge in [0.2, 0.25) is 0 Å². The first kappa shape index (κ1) is 15.2. The van der Waals surface area contributed by atoms with Gasteiger partial charge in [0.15, 0.2) is 5.78 Å². The maximum Gasteiger partial charge on any atom is 0.168 e. The number of thiophene rings is 1. The molecule has 0 aliphatic carbocycles. The average Bonchev–Trinajstić information content (AvgIpc) is 2.78. The minimum atomic E-state index is -0.128. The molecule has 20 heavy (non-hydrogen) atoms. The Morgan fingerprint density at radius 1 is 1.30 bits per heavy atom. The van der Waals surface area contributed by atoms with Crippen LogP contribution in [-0.4, -0.2) is 31.2 Å². The third-order valence-corrected chi connectivity index (χ3v) is 6.53. The highest BCUT2D eigenvalue weighted by atomic mass is 79.9. The second-order valence-corrected chi connectivity index (χ2v) is 9.19. The van der Waals surface area contributed by atoms with Gasteiger partial charge in [-0.3, -0.25) is 4.79 Å². The number of halogens is 2. The maximum atomic E-state index is 12.7. The number of ketones is 1. The topological polar surface area (TPSA) is 35.5 Å². The van der Waals surface area contributed by atoms with Gasteiger partial charge in [-0.2, -0.15) is 0 Å². The van der Waals surface area contributed by atoms with E-state index in [1.165, 1.54) is 0 Å². The second-order valence-electron chi connectivity index (χ2n) is 5.44. The van der Waals surface area contributed by atoms with Crippen LogP contribution in [0.1, 0.15) is 36.0 Å². The van der Waals surface area contributed by atoms with Crippen molar-refractivity contribution in [3.63, 3.8) is 0 Å². The van der Waals surface area contributed by atoms with Crippen LogP contribution in [0.25, 0.3) is 0 Å². The molecule has 2 aliphatic heterocycles. The van der Waals surface area contributed by atoms with Gasteiger partial charge in [0.1, 0.15) is 0 Å². The van der Waals surface area contributed by atoms with E-state index in [1.54, 1.807) is 11.3 Å². The fourth-order valence-electron chi connectivity index (χ4n) is 3.07. The molecule has 0 radical (unpaired) electrons. The zero-order valence-corrected chi connectivity index (χ0v) is 15.0. The van der Waals surface area contributed by atoms with E-state index in [9.17, 15) is 4.79 Å². The molecule has 0 bridgehead atoms. The van der Waals surface area contributed by atoms with Crippen LogP contribution in [-0.2, 0) is 9.47 Å². The van der Waals surface area contributed by atoms with Crippen molar-refractivity contribution in [3.05, 3.63) is 19.2 Å². The fraction of sp³-hybridized carbons (Fsp3) is 0.643. The molecular weight excluding hydrogens is 408 g/mol. The first-order chi connectivity index (χ1) is 9.60. The van der Waals surface area contributed by atoms with Crippen molar-refractivity contribution in [3.8, 4) is 0 Å². The predicted molar refractivity (Wildman–Crippen MR) is 85.5 cm³/mol. The van der Waals surface area contributed by atoms with Crippen molar-refractivity contribution >= 4 is 49.0 Å². The predicted octanol–water partition coefficient (Wildman–Crippen LogP) is 4.43. The van der Waals surface area contributed by atoms with E-state index in [2.05, 4.69) is 31.9 Å². The second kappa shape index (κ2) is 6.16. The summed E-state index contributed by atoms with van der Waals surface area (Å²) in [5, 5.41) is 0. The van der Waals surface area contributed by atoms with Gasteiger partial charge in [0.25, 0.3) is 0 Å². The van der Waals surface area contributed by atoms with Crippen LogP contribution in [0.15, 0.2) is 13.6 Å². The number of Topliss-reactive ketones (excluding diaryl/α,β-unsaturated/α-hetero) is 1. The minimum absolute atomic E-state index is 0.0691. The Balaban J connectivity index is 1.76. The van der Waals surface area contributed by atoms with E-state index in [0.29, 0.717) is 6.61 Å². The summed E-state index contributed by atoms with van der Waals surface area (Å²) >= 11 is 8.48. The van der Waals surface area contributed by atoms with E-state index in [4.69, 9.17) is 9.47 Å². The lowest BCUT2D eigenvalue weighted by molar-refractivity contribution is -0.142. The van der Waals surface area contributed by atoms with Crippen molar-refractivity contribution in [2.75, 3.05) is 19.8 Å². The third kappa shape index (κ3) is 3.04. The van der Waals surface area contributed by atoms with Crippen molar-refractivity contribution in [2.45, 2.75) is 31.3 Å². The normalized spacial score (nSPS) is 25.8. The van der Waals surface area contributed by atoms with Crippen molar-refractivity contribution in [2.24, 2.45) is 5.92 Å². The summed E-state index contributed by atoms with van der Waals surface area (Å²) in [5.74, 6) is 0.313. The molecule has 2 aliphatic rings. The molecule has 110 valence electrons. The molecule has 1 unspecified atom stereocenters. The maximum absolute atomic E-state index is 12.7. The minimum Gasteiger partial charge on any atom is -0.381 e. The summed E-state index contributed by atoms with van der Waals surface area (Å²) in [4.78, 5) is 12.7. The SMILES string of the molecule is O=C(c1cc(Br)sc1Br)C1CCOC2(CCOCC2)C1. The Kier molecular flexibility index (Phi) is 4.67. The van der Waals surface area contributed by atoms with Crippen molar-refractivity contribution in [1.29, 1.82) is 0 Å².